The summed E-state index contributed by atoms with van der Waals surface area (Å²) in [6.07, 6.45) is 3.52. The van der Waals surface area contributed by atoms with Gasteiger partial charge in [0, 0.05) is 12.6 Å². The van der Waals surface area contributed by atoms with Gasteiger partial charge in [-0.3, -0.25) is 0 Å². The van der Waals surface area contributed by atoms with Crippen LogP contribution in [0.25, 0.3) is 0 Å². The van der Waals surface area contributed by atoms with Gasteiger partial charge < -0.3 is 11.1 Å². The zero-order chi connectivity index (χ0) is 9.68. The quantitative estimate of drug-likeness (QED) is 0.702. The fraction of sp³-hybridized carbons (Fsp3) is 0.444. The number of pyridine rings is 1. The van der Waals surface area contributed by atoms with Crippen molar-refractivity contribution in [2.45, 2.75) is 19.8 Å². The Kier molecular flexibility index (Phi) is 3.49. The summed E-state index contributed by atoms with van der Waals surface area (Å²) in [5, 5.41) is 2.90. The highest BCUT2D eigenvalue weighted by Gasteiger charge is 2.01. The van der Waals surface area contributed by atoms with Crippen LogP contribution < -0.4 is 11.1 Å². The molecule has 0 saturated carbocycles. The number of nitrogens with one attached hydrogen (secondary N) is 1. The molecule has 1 aromatic rings. The van der Waals surface area contributed by atoms with E-state index >= 15 is 0 Å². The Morgan fingerprint density at radius 2 is 2.38 bits per heavy atom. The fourth-order valence-corrected chi connectivity index (χ4v) is 0.966. The molecule has 13 heavy (non-hydrogen) atoms. The molecule has 1 aromatic heterocycles. The minimum absolute atomic E-state index is 0.280. The molecule has 0 unspecified atom stereocenters. The van der Waals surface area contributed by atoms with E-state index in [9.17, 15) is 4.39 Å². The molecule has 4 heteroatoms. The summed E-state index contributed by atoms with van der Waals surface area (Å²) >= 11 is 0. The van der Waals surface area contributed by atoms with E-state index < -0.39 is 5.82 Å². The third kappa shape index (κ3) is 2.89. The molecule has 1 rings (SSSR count). The van der Waals surface area contributed by atoms with E-state index in [-0.39, 0.29) is 5.82 Å². The number of aromatic nitrogens is 1. The van der Waals surface area contributed by atoms with Crippen LogP contribution in [0.1, 0.15) is 19.8 Å². The molecule has 0 aliphatic carbocycles. The lowest BCUT2D eigenvalue weighted by atomic mass is 10.3. The highest BCUT2D eigenvalue weighted by atomic mass is 19.1. The SMILES string of the molecule is CCCCNc1ncc(N)cc1F. The second kappa shape index (κ2) is 4.64. The first-order valence-corrected chi connectivity index (χ1v) is 4.39. The van der Waals surface area contributed by atoms with Crippen LogP contribution in [0.3, 0.4) is 0 Å². The van der Waals surface area contributed by atoms with Crippen LogP contribution in [-0.2, 0) is 0 Å². The Bertz CT molecular complexity index is 276. The number of anilines is 2. The summed E-state index contributed by atoms with van der Waals surface area (Å²) in [7, 11) is 0. The molecule has 0 fully saturated rings. The van der Waals surface area contributed by atoms with Gasteiger partial charge in [0.2, 0.25) is 0 Å². The smallest absolute Gasteiger partial charge is 0.167 e. The summed E-state index contributed by atoms with van der Waals surface area (Å²) < 4.78 is 13.1. The zero-order valence-electron chi connectivity index (χ0n) is 7.68. The summed E-state index contributed by atoms with van der Waals surface area (Å²) in [6.45, 7) is 2.82. The lowest BCUT2D eigenvalue weighted by molar-refractivity contribution is 0.624. The van der Waals surface area contributed by atoms with Crippen LogP contribution in [-0.4, -0.2) is 11.5 Å². The van der Waals surface area contributed by atoms with E-state index in [2.05, 4.69) is 17.2 Å². The summed E-state index contributed by atoms with van der Waals surface area (Å²) in [6, 6.07) is 1.27. The molecule has 0 aliphatic heterocycles. The van der Waals surface area contributed by atoms with Gasteiger partial charge in [-0.15, -0.1) is 0 Å². The monoisotopic (exact) mass is 183 g/mol. The molecule has 0 amide bonds. The molecule has 0 radical (unpaired) electrons. The normalized spacial score (nSPS) is 10.0. The molecule has 0 aromatic carbocycles. The average molecular weight is 183 g/mol. The van der Waals surface area contributed by atoms with Gasteiger partial charge in [-0.05, 0) is 6.42 Å². The number of halogens is 1. The van der Waals surface area contributed by atoms with Gasteiger partial charge in [0.05, 0.1) is 11.9 Å². The van der Waals surface area contributed by atoms with Gasteiger partial charge >= 0.3 is 0 Å². The maximum Gasteiger partial charge on any atom is 0.167 e. The van der Waals surface area contributed by atoms with Crippen LogP contribution in [0.2, 0.25) is 0 Å². The third-order valence-electron chi connectivity index (χ3n) is 1.69. The van der Waals surface area contributed by atoms with Crippen molar-refractivity contribution in [2.75, 3.05) is 17.6 Å². The van der Waals surface area contributed by atoms with Gasteiger partial charge in [-0.25, -0.2) is 9.37 Å². The fourth-order valence-electron chi connectivity index (χ4n) is 0.966. The minimum atomic E-state index is -0.392. The largest absolute Gasteiger partial charge is 0.397 e. The standard InChI is InChI=1S/C9H14FN3/c1-2-3-4-12-9-8(10)5-7(11)6-13-9/h5-6H,2-4,11H2,1H3,(H,12,13). The lowest BCUT2D eigenvalue weighted by Gasteiger charge is -2.05. The number of nitrogens with zero attached hydrogens (tertiary/aromatic N) is 1. The predicted molar refractivity (Wildman–Crippen MR) is 52.0 cm³/mol. The van der Waals surface area contributed by atoms with Crippen LogP contribution in [0.4, 0.5) is 15.9 Å². The second-order valence-electron chi connectivity index (χ2n) is 2.88. The van der Waals surface area contributed by atoms with Crippen LogP contribution in [0.15, 0.2) is 12.3 Å². The number of unbranched alkanes of at least 4 members (excludes halogenated alkanes) is 1. The van der Waals surface area contributed by atoms with E-state index in [4.69, 9.17) is 5.73 Å². The van der Waals surface area contributed by atoms with E-state index in [0.717, 1.165) is 19.4 Å². The Morgan fingerprint density at radius 1 is 1.62 bits per heavy atom. The number of nitrogen functional groups attached to an aromatic ring is 1. The molecule has 72 valence electrons. The second-order valence-corrected chi connectivity index (χ2v) is 2.88. The maximum atomic E-state index is 13.1. The predicted octanol–water partition coefficient (Wildman–Crippen LogP) is 2.01. The van der Waals surface area contributed by atoms with Gasteiger partial charge in [-0.2, -0.15) is 0 Å². The van der Waals surface area contributed by atoms with Gasteiger partial charge in [0.1, 0.15) is 0 Å². The number of hydrogen-bond donors (Lipinski definition) is 2. The van der Waals surface area contributed by atoms with Crippen molar-refractivity contribution >= 4 is 11.5 Å². The van der Waals surface area contributed by atoms with Gasteiger partial charge in [0.25, 0.3) is 0 Å². The van der Waals surface area contributed by atoms with Crippen LogP contribution in [0.5, 0.6) is 0 Å². The Morgan fingerprint density at radius 3 is 3.00 bits per heavy atom. The van der Waals surface area contributed by atoms with Crippen molar-refractivity contribution in [3.8, 4) is 0 Å². The molecular formula is C9H14FN3. The molecule has 0 atom stereocenters. The molecule has 1 heterocycles. The average Bonchev–Trinajstić information content (AvgIpc) is 2.09. The van der Waals surface area contributed by atoms with Crippen LogP contribution in [0, 0.1) is 5.82 Å². The topological polar surface area (TPSA) is 50.9 Å². The molecular weight excluding hydrogens is 169 g/mol. The molecule has 0 saturated heterocycles. The number of nitrogens with two attached hydrogens (primary N) is 1. The first kappa shape index (κ1) is 9.77. The summed E-state index contributed by atoms with van der Waals surface area (Å²) in [5.41, 5.74) is 5.70. The van der Waals surface area contributed by atoms with E-state index in [1.807, 2.05) is 0 Å². The maximum absolute atomic E-state index is 13.1. The Balaban J connectivity index is 2.56. The van der Waals surface area contributed by atoms with Crippen molar-refractivity contribution in [3.63, 3.8) is 0 Å². The van der Waals surface area contributed by atoms with Crippen molar-refractivity contribution < 1.29 is 4.39 Å². The molecule has 3 nitrogen and oxygen atoms in total. The Hall–Kier alpha value is -1.32. The van der Waals surface area contributed by atoms with E-state index in [1.165, 1.54) is 12.3 Å². The molecule has 3 N–H and O–H groups in total. The third-order valence-corrected chi connectivity index (χ3v) is 1.69. The van der Waals surface area contributed by atoms with Gasteiger partial charge in [0.15, 0.2) is 11.6 Å². The van der Waals surface area contributed by atoms with Crippen molar-refractivity contribution in [3.05, 3.63) is 18.1 Å². The van der Waals surface area contributed by atoms with Gasteiger partial charge in [-0.1, -0.05) is 13.3 Å². The first-order valence-electron chi connectivity index (χ1n) is 4.39. The van der Waals surface area contributed by atoms with E-state index in [0.29, 0.717) is 5.69 Å². The summed E-state index contributed by atoms with van der Waals surface area (Å²) in [4.78, 5) is 3.84. The van der Waals surface area contributed by atoms with E-state index in [1.54, 1.807) is 0 Å². The first-order chi connectivity index (χ1) is 6.24. The molecule has 0 bridgehead atoms. The molecule has 0 spiro atoms. The van der Waals surface area contributed by atoms with Crippen LogP contribution >= 0.6 is 0 Å². The minimum Gasteiger partial charge on any atom is -0.397 e. The van der Waals surface area contributed by atoms with Crippen molar-refractivity contribution in [2.24, 2.45) is 0 Å². The zero-order valence-corrected chi connectivity index (χ0v) is 7.68. The summed E-state index contributed by atoms with van der Waals surface area (Å²) in [5.74, 6) is -0.112. The number of rotatable bonds is 4. The number of hydrogen-bond acceptors (Lipinski definition) is 3. The Labute approximate surface area is 77.2 Å². The highest BCUT2D eigenvalue weighted by molar-refractivity contribution is 5.45. The molecule has 0 aliphatic rings. The van der Waals surface area contributed by atoms with Crippen molar-refractivity contribution in [1.82, 2.24) is 4.98 Å². The van der Waals surface area contributed by atoms with Crippen molar-refractivity contribution in [1.29, 1.82) is 0 Å². The lowest BCUT2D eigenvalue weighted by Crippen LogP contribution is -2.05. The highest BCUT2D eigenvalue weighted by Crippen LogP contribution is 2.12.